The number of halogens is 4. The molecule has 3 rings (SSSR count). The quantitative estimate of drug-likeness (QED) is 0.231. The molecule has 0 aliphatic carbocycles. The molecular weight excluding hydrogens is 565 g/mol. The van der Waals surface area contributed by atoms with Crippen molar-refractivity contribution in [1.29, 1.82) is 0 Å². The molecule has 0 aromatic heterocycles. The van der Waals surface area contributed by atoms with Crippen LogP contribution in [0.5, 0.6) is 5.75 Å². The van der Waals surface area contributed by atoms with Crippen LogP contribution in [-0.4, -0.2) is 24.6 Å². The van der Waals surface area contributed by atoms with Crippen molar-refractivity contribution >= 4 is 68.8 Å². The summed E-state index contributed by atoms with van der Waals surface area (Å²) in [5, 5.41) is 7.92. The largest absolute Gasteiger partial charge is 0.488 e. The monoisotopic (exact) mass is 581 g/mol. The second kappa shape index (κ2) is 12.8. The fraction of sp³-hybridized carbons (Fsp3) is 0.125. The molecule has 0 heterocycles. The van der Waals surface area contributed by atoms with Gasteiger partial charge in [-0.1, -0.05) is 46.9 Å². The maximum atomic E-state index is 12.1. The van der Waals surface area contributed by atoms with E-state index in [0.29, 0.717) is 28.0 Å². The molecule has 0 atom stereocenters. The molecule has 10 heteroatoms. The van der Waals surface area contributed by atoms with E-state index in [-0.39, 0.29) is 29.8 Å². The Bertz CT molecular complexity index is 1200. The van der Waals surface area contributed by atoms with Crippen molar-refractivity contribution in [3.05, 3.63) is 96.9 Å². The van der Waals surface area contributed by atoms with Crippen LogP contribution in [0.1, 0.15) is 27.9 Å². The van der Waals surface area contributed by atoms with Crippen LogP contribution < -0.4 is 15.5 Å². The van der Waals surface area contributed by atoms with E-state index in [9.17, 15) is 9.59 Å². The van der Waals surface area contributed by atoms with Gasteiger partial charge >= 0.3 is 0 Å². The van der Waals surface area contributed by atoms with Gasteiger partial charge < -0.3 is 10.1 Å². The van der Waals surface area contributed by atoms with Crippen LogP contribution >= 0.6 is 50.7 Å². The van der Waals surface area contributed by atoms with Crippen LogP contribution in [0.4, 0.5) is 0 Å². The third kappa shape index (κ3) is 8.02. The first-order chi connectivity index (χ1) is 16.3. The third-order valence-electron chi connectivity index (χ3n) is 4.49. The summed E-state index contributed by atoms with van der Waals surface area (Å²) in [5.41, 5.74) is 4.55. The minimum atomic E-state index is -0.349. The average molecular weight is 584 g/mol. The molecule has 2 amide bonds. The zero-order chi connectivity index (χ0) is 24.5. The van der Waals surface area contributed by atoms with Crippen molar-refractivity contribution < 1.29 is 14.3 Å². The number of hydrogen-bond donors (Lipinski definition) is 2. The maximum Gasteiger partial charge on any atom is 0.251 e. The van der Waals surface area contributed by atoms with E-state index in [1.807, 2.05) is 42.5 Å². The smallest absolute Gasteiger partial charge is 0.251 e. The number of rotatable bonds is 9. The predicted octanol–water partition coefficient (Wildman–Crippen LogP) is 6.26. The number of amides is 2. The Morgan fingerprint density at radius 3 is 2.44 bits per heavy atom. The summed E-state index contributed by atoms with van der Waals surface area (Å²) in [7, 11) is 0. The van der Waals surface area contributed by atoms with E-state index in [2.05, 4.69) is 31.8 Å². The van der Waals surface area contributed by atoms with E-state index in [0.717, 1.165) is 15.6 Å². The van der Waals surface area contributed by atoms with Crippen LogP contribution in [0.3, 0.4) is 0 Å². The summed E-state index contributed by atoms with van der Waals surface area (Å²) in [5.74, 6) is -0.0142. The Kier molecular flexibility index (Phi) is 9.77. The number of nitrogens with one attached hydrogen (secondary N) is 2. The number of nitrogens with zero attached hydrogens (tertiary/aromatic N) is 1. The molecule has 0 aliphatic rings. The molecule has 0 saturated heterocycles. The number of ether oxygens (including phenoxy) is 1. The van der Waals surface area contributed by atoms with E-state index in [1.54, 1.807) is 6.07 Å². The highest BCUT2D eigenvalue weighted by molar-refractivity contribution is 9.10. The van der Waals surface area contributed by atoms with E-state index >= 15 is 0 Å². The van der Waals surface area contributed by atoms with Gasteiger partial charge in [0.15, 0.2) is 0 Å². The third-order valence-corrected chi connectivity index (χ3v) is 6.10. The molecule has 0 spiro atoms. The topological polar surface area (TPSA) is 79.8 Å². The SMILES string of the molecule is O=C(CCNC(=O)c1ccc(Cl)c(Cl)c1)NN=Cc1ccc(OCc2ccc(Cl)cc2)c(Br)c1. The van der Waals surface area contributed by atoms with Crippen molar-refractivity contribution in [2.45, 2.75) is 13.0 Å². The molecule has 176 valence electrons. The summed E-state index contributed by atoms with van der Waals surface area (Å²) >= 11 is 21.1. The second-order valence-corrected chi connectivity index (χ2v) is 9.14. The van der Waals surface area contributed by atoms with Crippen molar-refractivity contribution in [2.75, 3.05) is 6.54 Å². The van der Waals surface area contributed by atoms with Gasteiger partial charge in [0, 0.05) is 23.6 Å². The highest BCUT2D eigenvalue weighted by atomic mass is 79.9. The molecule has 2 N–H and O–H groups in total. The number of hydrazone groups is 1. The van der Waals surface area contributed by atoms with Gasteiger partial charge in [0.05, 0.1) is 20.7 Å². The lowest BCUT2D eigenvalue weighted by Gasteiger charge is -2.09. The lowest BCUT2D eigenvalue weighted by Crippen LogP contribution is -2.29. The molecule has 3 aromatic rings. The maximum absolute atomic E-state index is 12.1. The van der Waals surface area contributed by atoms with Crippen LogP contribution in [0.25, 0.3) is 0 Å². The van der Waals surface area contributed by atoms with Gasteiger partial charge in [-0.3, -0.25) is 9.59 Å². The first-order valence-corrected chi connectivity index (χ1v) is 12.0. The molecule has 34 heavy (non-hydrogen) atoms. The van der Waals surface area contributed by atoms with Gasteiger partial charge in [-0.15, -0.1) is 0 Å². The molecule has 0 bridgehead atoms. The average Bonchev–Trinajstić information content (AvgIpc) is 2.81. The summed E-state index contributed by atoms with van der Waals surface area (Å²) in [6.07, 6.45) is 1.57. The van der Waals surface area contributed by atoms with Crippen LogP contribution in [-0.2, 0) is 11.4 Å². The van der Waals surface area contributed by atoms with Gasteiger partial charge in [-0.25, -0.2) is 5.43 Å². The lowest BCUT2D eigenvalue weighted by molar-refractivity contribution is -0.120. The van der Waals surface area contributed by atoms with E-state index in [4.69, 9.17) is 39.5 Å². The molecule has 0 fully saturated rings. The van der Waals surface area contributed by atoms with Gasteiger partial charge in [0.2, 0.25) is 5.91 Å². The summed E-state index contributed by atoms with van der Waals surface area (Å²) in [4.78, 5) is 24.1. The molecule has 3 aromatic carbocycles. The molecule has 0 aliphatic heterocycles. The van der Waals surface area contributed by atoms with Gasteiger partial charge in [0.25, 0.3) is 5.91 Å². The molecule has 0 saturated carbocycles. The number of benzene rings is 3. The normalized spacial score (nSPS) is 10.8. The Morgan fingerprint density at radius 1 is 0.971 bits per heavy atom. The van der Waals surface area contributed by atoms with Crippen molar-refractivity contribution in [3.8, 4) is 5.75 Å². The van der Waals surface area contributed by atoms with Gasteiger partial charge in [-0.2, -0.15) is 5.10 Å². The number of carbonyl (C=O) groups excluding carboxylic acids is 2. The van der Waals surface area contributed by atoms with Crippen molar-refractivity contribution in [3.63, 3.8) is 0 Å². The van der Waals surface area contributed by atoms with Crippen molar-refractivity contribution in [2.24, 2.45) is 5.10 Å². The van der Waals surface area contributed by atoms with Crippen LogP contribution in [0.15, 0.2) is 70.2 Å². The highest BCUT2D eigenvalue weighted by Gasteiger charge is 2.09. The molecule has 0 unspecified atom stereocenters. The summed E-state index contributed by atoms with van der Waals surface area (Å²) in [6, 6.07) is 17.4. The van der Waals surface area contributed by atoms with Crippen LogP contribution in [0, 0.1) is 0 Å². The van der Waals surface area contributed by atoms with Gasteiger partial charge in [0.1, 0.15) is 12.4 Å². The standard InChI is InChI=1S/C24H19BrCl3N3O3/c25-19-11-16(3-8-22(19)34-14-15-1-5-18(26)6-2-15)13-30-31-23(32)9-10-29-24(33)17-4-7-20(27)21(28)12-17/h1-8,11-13H,9-10,14H2,(H,29,33)(H,31,32). The highest BCUT2D eigenvalue weighted by Crippen LogP contribution is 2.26. The van der Waals surface area contributed by atoms with E-state index < -0.39 is 0 Å². The first-order valence-electron chi connectivity index (χ1n) is 10.0. The fourth-order valence-electron chi connectivity index (χ4n) is 2.72. The summed E-state index contributed by atoms with van der Waals surface area (Å²) < 4.78 is 6.57. The fourth-order valence-corrected chi connectivity index (χ4v) is 3.65. The molecule has 6 nitrogen and oxygen atoms in total. The van der Waals surface area contributed by atoms with Crippen molar-refractivity contribution in [1.82, 2.24) is 10.7 Å². The number of hydrogen-bond acceptors (Lipinski definition) is 4. The Balaban J connectivity index is 1.42. The van der Waals surface area contributed by atoms with Crippen LogP contribution in [0.2, 0.25) is 15.1 Å². The number of carbonyl (C=O) groups is 2. The molecule has 0 radical (unpaired) electrons. The summed E-state index contributed by atoms with van der Waals surface area (Å²) in [6.45, 7) is 0.548. The van der Waals surface area contributed by atoms with E-state index in [1.165, 1.54) is 18.3 Å². The Labute approximate surface area is 220 Å². The Morgan fingerprint density at radius 2 is 1.74 bits per heavy atom. The molecular formula is C24H19BrCl3N3O3. The lowest BCUT2D eigenvalue weighted by atomic mass is 10.2. The van der Waals surface area contributed by atoms with Gasteiger partial charge in [-0.05, 0) is 75.6 Å². The first kappa shape index (κ1) is 26.0. The second-order valence-electron chi connectivity index (χ2n) is 7.03. The Hall–Kier alpha value is -2.58. The zero-order valence-corrected chi connectivity index (χ0v) is 21.5. The zero-order valence-electron chi connectivity index (χ0n) is 17.7. The predicted molar refractivity (Wildman–Crippen MR) is 139 cm³/mol. The minimum Gasteiger partial charge on any atom is -0.488 e. The minimum absolute atomic E-state index is 0.0611.